The summed E-state index contributed by atoms with van der Waals surface area (Å²) in [7, 11) is 0. The number of rotatable bonds is 1. The van der Waals surface area contributed by atoms with Gasteiger partial charge in [0, 0.05) is 0 Å². The van der Waals surface area contributed by atoms with Crippen molar-refractivity contribution in [1.82, 2.24) is 0 Å². The summed E-state index contributed by atoms with van der Waals surface area (Å²) in [6.07, 6.45) is 0. The zero-order valence-electron chi connectivity index (χ0n) is 5.09. The minimum atomic E-state index is 1.21. The second kappa shape index (κ2) is 3.06. The third-order valence-corrected chi connectivity index (χ3v) is 1.95. The van der Waals surface area contributed by atoms with Crippen molar-refractivity contribution in [3.63, 3.8) is 0 Å². The molecular formula is C8H7Sn. The van der Waals surface area contributed by atoms with Crippen LogP contribution in [0.15, 0.2) is 36.9 Å². The van der Waals surface area contributed by atoms with Crippen molar-refractivity contribution in [3.8, 4) is 0 Å². The van der Waals surface area contributed by atoms with E-state index < -0.39 is 0 Å². The molecule has 0 bridgehead atoms. The summed E-state index contributed by atoms with van der Waals surface area (Å²) >= 11 is 1.40. The van der Waals surface area contributed by atoms with Gasteiger partial charge in [-0.1, -0.05) is 0 Å². The zero-order valence-corrected chi connectivity index (χ0v) is 7.95. The molecule has 0 aliphatic heterocycles. The molecule has 3 radical (unpaired) electrons. The first-order chi connectivity index (χ1) is 4.30. The Labute approximate surface area is 68.7 Å². The molecule has 0 aromatic heterocycles. The van der Waals surface area contributed by atoms with Crippen LogP contribution in [0.2, 0.25) is 0 Å². The Morgan fingerprint density at radius 2 is 1.78 bits per heavy atom. The van der Waals surface area contributed by atoms with Gasteiger partial charge < -0.3 is 0 Å². The van der Waals surface area contributed by atoms with Crippen LogP contribution in [0, 0.1) is 0 Å². The molecule has 0 saturated heterocycles. The van der Waals surface area contributed by atoms with E-state index in [9.17, 15) is 0 Å². The topological polar surface area (TPSA) is 0 Å². The van der Waals surface area contributed by atoms with Crippen molar-refractivity contribution in [2.24, 2.45) is 0 Å². The molecule has 1 aromatic carbocycles. The standard InChI is InChI=1S/C8H7.Sn/c1-2-8-6-4-3-5-7-8;/h3-7H,1H2;. The second-order valence-electron chi connectivity index (χ2n) is 1.84. The monoisotopic (exact) mass is 223 g/mol. The molecule has 43 valence electrons. The summed E-state index contributed by atoms with van der Waals surface area (Å²) in [6.45, 7) is 3.87. The molecule has 0 heterocycles. The Hall–Kier alpha value is -0.241. The molecule has 0 N–H and O–H groups in total. The Bertz CT molecular complexity index is 201. The van der Waals surface area contributed by atoms with Crippen LogP contribution in [-0.4, -0.2) is 22.5 Å². The van der Waals surface area contributed by atoms with Gasteiger partial charge in [0.1, 0.15) is 0 Å². The molecule has 0 fully saturated rings. The van der Waals surface area contributed by atoms with E-state index >= 15 is 0 Å². The van der Waals surface area contributed by atoms with Gasteiger partial charge in [-0.3, -0.25) is 0 Å². The second-order valence-corrected chi connectivity index (χ2v) is 3.57. The van der Waals surface area contributed by atoms with Gasteiger partial charge in [-0.05, 0) is 0 Å². The molecule has 1 aromatic rings. The first-order valence-electron chi connectivity index (χ1n) is 2.76. The summed E-state index contributed by atoms with van der Waals surface area (Å²) in [6, 6.07) is 10.2. The average Bonchev–Trinajstić information content (AvgIpc) is 1.90. The van der Waals surface area contributed by atoms with Crippen molar-refractivity contribution in [2.45, 2.75) is 0 Å². The molecule has 1 rings (SSSR count). The predicted molar refractivity (Wildman–Crippen MR) is 41.2 cm³/mol. The van der Waals surface area contributed by atoms with Gasteiger partial charge in [0.15, 0.2) is 0 Å². The third kappa shape index (κ3) is 1.86. The van der Waals surface area contributed by atoms with E-state index in [4.69, 9.17) is 0 Å². The van der Waals surface area contributed by atoms with Gasteiger partial charge in [0.2, 0.25) is 0 Å². The van der Waals surface area contributed by atoms with Gasteiger partial charge in [-0.25, -0.2) is 0 Å². The molecule has 1 heteroatoms. The SMILES string of the molecule is C=[C]([Sn])c1ccccc1. The number of hydrogen-bond acceptors (Lipinski definition) is 0. The van der Waals surface area contributed by atoms with Crippen LogP contribution in [0.5, 0.6) is 0 Å². The van der Waals surface area contributed by atoms with Crippen LogP contribution in [0.3, 0.4) is 0 Å². The third-order valence-electron chi connectivity index (χ3n) is 1.12. The van der Waals surface area contributed by atoms with E-state index in [0.29, 0.717) is 0 Å². The van der Waals surface area contributed by atoms with Gasteiger partial charge in [0.05, 0.1) is 0 Å². The van der Waals surface area contributed by atoms with Crippen LogP contribution in [-0.2, 0) is 0 Å². The Kier molecular flexibility index (Phi) is 2.34. The average molecular weight is 222 g/mol. The first-order valence-corrected chi connectivity index (χ1v) is 4.19. The van der Waals surface area contributed by atoms with E-state index in [0.717, 1.165) is 0 Å². The molecule has 0 saturated carbocycles. The van der Waals surface area contributed by atoms with E-state index in [1.165, 1.54) is 31.7 Å². The molecule has 0 spiro atoms. The van der Waals surface area contributed by atoms with Crippen molar-refractivity contribution in [3.05, 3.63) is 42.5 Å². The van der Waals surface area contributed by atoms with Crippen molar-refractivity contribution < 1.29 is 0 Å². The van der Waals surface area contributed by atoms with Crippen LogP contribution in [0.25, 0.3) is 3.59 Å². The Morgan fingerprint density at radius 1 is 1.22 bits per heavy atom. The number of benzene rings is 1. The number of hydrogen-bond donors (Lipinski definition) is 0. The molecule has 0 amide bonds. The van der Waals surface area contributed by atoms with Gasteiger partial charge in [-0.15, -0.1) is 0 Å². The van der Waals surface area contributed by atoms with Crippen molar-refractivity contribution >= 4 is 26.1 Å². The van der Waals surface area contributed by atoms with Gasteiger partial charge >= 0.3 is 68.6 Å². The van der Waals surface area contributed by atoms with Gasteiger partial charge in [0.25, 0.3) is 0 Å². The van der Waals surface area contributed by atoms with Crippen LogP contribution < -0.4 is 0 Å². The Balaban J connectivity index is 2.98. The molecule has 0 aliphatic carbocycles. The maximum absolute atomic E-state index is 3.87. The quantitative estimate of drug-likeness (QED) is 0.635. The van der Waals surface area contributed by atoms with Crippen LogP contribution >= 0.6 is 0 Å². The van der Waals surface area contributed by atoms with E-state index in [1.54, 1.807) is 0 Å². The fourth-order valence-electron chi connectivity index (χ4n) is 0.639. The molecule has 0 unspecified atom stereocenters. The van der Waals surface area contributed by atoms with E-state index in [2.05, 4.69) is 18.7 Å². The van der Waals surface area contributed by atoms with E-state index in [-0.39, 0.29) is 0 Å². The first kappa shape index (κ1) is 6.87. The van der Waals surface area contributed by atoms with Gasteiger partial charge in [-0.2, -0.15) is 0 Å². The molecule has 0 atom stereocenters. The predicted octanol–water partition coefficient (Wildman–Crippen LogP) is 1.83. The fourth-order valence-corrected chi connectivity index (χ4v) is 1.12. The fraction of sp³-hybridized carbons (Fsp3) is 0. The maximum atomic E-state index is 3.87. The summed E-state index contributed by atoms with van der Waals surface area (Å²) in [4.78, 5) is 0. The van der Waals surface area contributed by atoms with Crippen molar-refractivity contribution in [1.29, 1.82) is 0 Å². The Morgan fingerprint density at radius 3 is 2.11 bits per heavy atom. The van der Waals surface area contributed by atoms with E-state index in [1.807, 2.05) is 18.2 Å². The van der Waals surface area contributed by atoms with Crippen LogP contribution in [0.1, 0.15) is 5.56 Å². The summed E-state index contributed by atoms with van der Waals surface area (Å²) in [5.41, 5.74) is 1.26. The molecular weight excluding hydrogens is 215 g/mol. The summed E-state index contributed by atoms with van der Waals surface area (Å²) < 4.78 is 1.21. The molecule has 0 nitrogen and oxygen atoms in total. The summed E-state index contributed by atoms with van der Waals surface area (Å²) in [5.74, 6) is 0. The van der Waals surface area contributed by atoms with Crippen molar-refractivity contribution in [2.75, 3.05) is 0 Å². The minimum absolute atomic E-state index is 1.21. The van der Waals surface area contributed by atoms with Crippen LogP contribution in [0.4, 0.5) is 0 Å². The zero-order chi connectivity index (χ0) is 6.69. The normalized spacial score (nSPS) is 9.00. The molecule has 9 heavy (non-hydrogen) atoms. The molecule has 0 aliphatic rings. The summed E-state index contributed by atoms with van der Waals surface area (Å²) in [5, 5.41) is 0.